The average molecular weight is 345 g/mol. The largest absolute Gasteiger partial charge is 0.370 e. The Kier molecular flexibility index (Phi) is 5.27. The van der Waals surface area contributed by atoms with E-state index < -0.39 is 0 Å². The van der Waals surface area contributed by atoms with E-state index in [1.165, 1.54) is 0 Å². The molecule has 2 heterocycles. The number of likely N-dealkylation sites (tertiary alicyclic amines) is 1. The van der Waals surface area contributed by atoms with Crippen LogP contribution in [0.5, 0.6) is 0 Å². The van der Waals surface area contributed by atoms with Gasteiger partial charge in [0, 0.05) is 25.3 Å². The minimum absolute atomic E-state index is 0.0439. The number of para-hydroxylation sites is 1. The first kappa shape index (κ1) is 17.7. The van der Waals surface area contributed by atoms with E-state index in [9.17, 15) is 9.59 Å². The summed E-state index contributed by atoms with van der Waals surface area (Å²) < 4.78 is 5.91. The van der Waals surface area contributed by atoms with E-state index in [0.29, 0.717) is 32.0 Å². The first-order chi connectivity index (χ1) is 11.9. The monoisotopic (exact) mass is 345 g/mol. The number of hydrogen-bond donors (Lipinski definition) is 2. The van der Waals surface area contributed by atoms with E-state index in [0.717, 1.165) is 11.3 Å². The highest BCUT2D eigenvalue weighted by Gasteiger charge is 2.45. The van der Waals surface area contributed by atoms with Crippen LogP contribution in [0.15, 0.2) is 24.3 Å². The van der Waals surface area contributed by atoms with Crippen molar-refractivity contribution in [2.24, 2.45) is 11.8 Å². The standard InChI is InChI=1S/C19H27N3O3/c1-12(2)9-20-18(23)15-8-14-10-22(11-17(15)25-14)19(24)21-16-7-5-4-6-13(16)3/h4-7,12,14-15,17H,8-11H2,1-3H3,(H,20,23)(H,21,24)/t14-,15+,17-/m0/s1. The topological polar surface area (TPSA) is 70.7 Å². The average Bonchev–Trinajstić information content (AvgIpc) is 2.88. The van der Waals surface area contributed by atoms with Gasteiger partial charge in [0.15, 0.2) is 0 Å². The fourth-order valence-electron chi connectivity index (χ4n) is 3.44. The molecular weight excluding hydrogens is 318 g/mol. The Labute approximate surface area is 148 Å². The molecule has 2 N–H and O–H groups in total. The summed E-state index contributed by atoms with van der Waals surface area (Å²) in [7, 11) is 0. The SMILES string of the molecule is Cc1ccccc1NC(=O)N1C[C@@H]2C[C@@H](C(=O)NCC(C)C)[C@H](C1)O2. The number of amides is 3. The van der Waals surface area contributed by atoms with Crippen molar-refractivity contribution in [3.63, 3.8) is 0 Å². The summed E-state index contributed by atoms with van der Waals surface area (Å²) in [6.45, 7) is 7.76. The van der Waals surface area contributed by atoms with Crippen molar-refractivity contribution in [2.45, 2.75) is 39.4 Å². The molecule has 0 aromatic heterocycles. The van der Waals surface area contributed by atoms with Crippen LogP contribution in [0.1, 0.15) is 25.8 Å². The lowest BCUT2D eigenvalue weighted by molar-refractivity contribution is -0.127. The Morgan fingerprint density at radius 3 is 2.76 bits per heavy atom. The van der Waals surface area contributed by atoms with Crippen molar-refractivity contribution in [1.29, 1.82) is 0 Å². The quantitative estimate of drug-likeness (QED) is 0.880. The molecule has 3 atom stereocenters. The Balaban J connectivity index is 1.59. The molecule has 2 aliphatic rings. The molecule has 2 saturated heterocycles. The van der Waals surface area contributed by atoms with Crippen molar-refractivity contribution in [1.82, 2.24) is 10.2 Å². The molecule has 0 radical (unpaired) electrons. The summed E-state index contributed by atoms with van der Waals surface area (Å²) >= 11 is 0. The summed E-state index contributed by atoms with van der Waals surface area (Å²) in [6, 6.07) is 7.58. The molecule has 1 aromatic rings. The number of aryl methyl sites for hydroxylation is 1. The number of nitrogens with zero attached hydrogens (tertiary/aromatic N) is 1. The van der Waals surface area contributed by atoms with Gasteiger partial charge < -0.3 is 20.3 Å². The molecule has 1 aromatic carbocycles. The molecule has 0 aliphatic carbocycles. The van der Waals surface area contributed by atoms with Gasteiger partial charge in [0.05, 0.1) is 18.1 Å². The number of anilines is 1. The van der Waals surface area contributed by atoms with Crippen molar-refractivity contribution in [2.75, 3.05) is 25.0 Å². The molecule has 6 nitrogen and oxygen atoms in total. The molecular formula is C19H27N3O3. The van der Waals surface area contributed by atoms with Crippen LogP contribution < -0.4 is 10.6 Å². The summed E-state index contributed by atoms with van der Waals surface area (Å²) in [4.78, 5) is 26.7. The molecule has 2 fully saturated rings. The number of nitrogens with one attached hydrogen (secondary N) is 2. The molecule has 0 saturated carbocycles. The van der Waals surface area contributed by atoms with E-state index in [2.05, 4.69) is 24.5 Å². The molecule has 2 bridgehead atoms. The first-order valence-corrected chi connectivity index (χ1v) is 8.98. The van der Waals surface area contributed by atoms with E-state index in [1.807, 2.05) is 31.2 Å². The van der Waals surface area contributed by atoms with Gasteiger partial charge in [-0.25, -0.2) is 4.79 Å². The van der Waals surface area contributed by atoms with Crippen LogP contribution in [0, 0.1) is 18.8 Å². The Bertz CT molecular complexity index is 647. The molecule has 3 amide bonds. The summed E-state index contributed by atoms with van der Waals surface area (Å²) in [5.74, 6) is 0.296. The smallest absolute Gasteiger partial charge is 0.322 e. The summed E-state index contributed by atoms with van der Waals surface area (Å²) in [5, 5.41) is 5.95. The highest BCUT2D eigenvalue weighted by atomic mass is 16.5. The number of rotatable bonds is 4. The maximum absolute atomic E-state index is 12.6. The molecule has 2 aliphatic heterocycles. The zero-order chi connectivity index (χ0) is 18.0. The third kappa shape index (κ3) is 4.12. The van der Waals surface area contributed by atoms with Crippen molar-refractivity contribution in [3.8, 4) is 0 Å². The molecule has 25 heavy (non-hydrogen) atoms. The number of benzene rings is 1. The van der Waals surface area contributed by atoms with Crippen LogP contribution in [0.25, 0.3) is 0 Å². The van der Waals surface area contributed by atoms with Gasteiger partial charge in [-0.1, -0.05) is 32.0 Å². The van der Waals surface area contributed by atoms with Crippen LogP contribution in [-0.2, 0) is 9.53 Å². The lowest BCUT2D eigenvalue weighted by atomic mass is 9.99. The molecule has 3 rings (SSSR count). The zero-order valence-electron chi connectivity index (χ0n) is 15.1. The number of hydrogen-bond acceptors (Lipinski definition) is 3. The van der Waals surface area contributed by atoms with Gasteiger partial charge >= 0.3 is 6.03 Å². The third-order valence-corrected chi connectivity index (χ3v) is 4.85. The molecule has 0 spiro atoms. The Morgan fingerprint density at radius 1 is 1.28 bits per heavy atom. The predicted octanol–water partition coefficient (Wildman–Crippen LogP) is 2.39. The van der Waals surface area contributed by atoms with Gasteiger partial charge in [-0.15, -0.1) is 0 Å². The van der Waals surface area contributed by atoms with Gasteiger partial charge in [-0.05, 0) is 30.9 Å². The maximum atomic E-state index is 12.6. The fraction of sp³-hybridized carbons (Fsp3) is 0.579. The lowest BCUT2D eigenvalue weighted by Crippen LogP contribution is -2.49. The highest BCUT2D eigenvalue weighted by molar-refractivity contribution is 5.90. The molecule has 136 valence electrons. The van der Waals surface area contributed by atoms with Crippen LogP contribution in [0.4, 0.5) is 10.5 Å². The van der Waals surface area contributed by atoms with Crippen LogP contribution in [-0.4, -0.2) is 48.7 Å². The third-order valence-electron chi connectivity index (χ3n) is 4.85. The number of carbonyl (C=O) groups is 2. The normalized spacial score (nSPS) is 25.1. The zero-order valence-corrected chi connectivity index (χ0v) is 15.1. The second-order valence-electron chi connectivity index (χ2n) is 7.43. The van der Waals surface area contributed by atoms with Crippen molar-refractivity contribution >= 4 is 17.6 Å². The van der Waals surface area contributed by atoms with E-state index in [-0.39, 0.29) is 30.1 Å². The Morgan fingerprint density at radius 2 is 2.04 bits per heavy atom. The number of ether oxygens (including phenoxy) is 1. The van der Waals surface area contributed by atoms with Gasteiger partial charge in [-0.3, -0.25) is 4.79 Å². The van der Waals surface area contributed by atoms with E-state index in [1.54, 1.807) is 4.90 Å². The lowest BCUT2D eigenvalue weighted by Gasteiger charge is -2.33. The van der Waals surface area contributed by atoms with Gasteiger partial charge in [-0.2, -0.15) is 0 Å². The predicted molar refractivity (Wildman–Crippen MR) is 96.4 cm³/mol. The summed E-state index contributed by atoms with van der Waals surface area (Å²) in [5.41, 5.74) is 1.84. The number of morpholine rings is 1. The first-order valence-electron chi connectivity index (χ1n) is 8.98. The number of urea groups is 1. The van der Waals surface area contributed by atoms with Gasteiger partial charge in [0.2, 0.25) is 5.91 Å². The number of fused-ring (bicyclic) bond motifs is 2. The molecule has 0 unspecified atom stereocenters. The van der Waals surface area contributed by atoms with E-state index >= 15 is 0 Å². The minimum Gasteiger partial charge on any atom is -0.370 e. The Hall–Kier alpha value is -2.08. The maximum Gasteiger partial charge on any atom is 0.322 e. The second-order valence-corrected chi connectivity index (χ2v) is 7.43. The van der Waals surface area contributed by atoms with Gasteiger partial charge in [0.1, 0.15) is 0 Å². The minimum atomic E-state index is -0.214. The number of carbonyl (C=O) groups excluding carboxylic acids is 2. The van der Waals surface area contributed by atoms with Gasteiger partial charge in [0.25, 0.3) is 0 Å². The van der Waals surface area contributed by atoms with Crippen LogP contribution in [0.2, 0.25) is 0 Å². The second kappa shape index (κ2) is 7.44. The van der Waals surface area contributed by atoms with Crippen molar-refractivity contribution < 1.29 is 14.3 Å². The van der Waals surface area contributed by atoms with Crippen molar-refractivity contribution in [3.05, 3.63) is 29.8 Å². The fourth-order valence-corrected chi connectivity index (χ4v) is 3.44. The molecule has 6 heteroatoms. The van der Waals surface area contributed by atoms with Crippen LogP contribution in [0.3, 0.4) is 0 Å². The highest BCUT2D eigenvalue weighted by Crippen LogP contribution is 2.32. The van der Waals surface area contributed by atoms with Crippen LogP contribution >= 0.6 is 0 Å². The summed E-state index contributed by atoms with van der Waals surface area (Å²) in [6.07, 6.45) is 0.410. The van der Waals surface area contributed by atoms with E-state index in [4.69, 9.17) is 4.74 Å².